The lowest BCUT2D eigenvalue weighted by atomic mass is 10.2. The fourth-order valence-corrected chi connectivity index (χ4v) is 3.08. The number of thiophene rings is 1. The van der Waals surface area contributed by atoms with E-state index in [0.717, 1.165) is 19.3 Å². The molecule has 0 spiro atoms. The van der Waals surface area contributed by atoms with Crippen molar-refractivity contribution in [3.63, 3.8) is 0 Å². The summed E-state index contributed by atoms with van der Waals surface area (Å²) < 4.78 is 5.36. The maximum atomic E-state index is 12.2. The van der Waals surface area contributed by atoms with Gasteiger partial charge in [0, 0.05) is 12.7 Å². The number of hydrogen-bond acceptors (Lipinski definition) is 4. The first-order chi connectivity index (χ1) is 9.26. The zero-order chi connectivity index (χ0) is 13.7. The van der Waals surface area contributed by atoms with Crippen LogP contribution in [0.3, 0.4) is 0 Å². The van der Waals surface area contributed by atoms with Gasteiger partial charge in [0.1, 0.15) is 11.5 Å². The van der Waals surface area contributed by atoms with Gasteiger partial charge in [0.05, 0.1) is 12.1 Å². The molecule has 19 heavy (non-hydrogen) atoms. The van der Waals surface area contributed by atoms with E-state index in [1.165, 1.54) is 11.3 Å². The quantitative estimate of drug-likeness (QED) is 0.822. The Labute approximate surface area is 116 Å². The van der Waals surface area contributed by atoms with E-state index in [4.69, 9.17) is 9.84 Å². The van der Waals surface area contributed by atoms with Crippen LogP contribution in [0.15, 0.2) is 11.4 Å². The summed E-state index contributed by atoms with van der Waals surface area (Å²) in [7, 11) is 1.68. The molecule has 102 valence electrons. The summed E-state index contributed by atoms with van der Waals surface area (Å²) in [6, 6.07) is 1.88. The van der Waals surface area contributed by atoms with Crippen LogP contribution in [-0.4, -0.2) is 36.9 Å². The van der Waals surface area contributed by atoms with E-state index < -0.39 is 0 Å². The molecule has 5 heteroatoms. The Bertz CT molecular complexity index is 500. The highest BCUT2D eigenvalue weighted by Crippen LogP contribution is 2.23. The number of ether oxygens (including phenoxy) is 1. The first kappa shape index (κ1) is 14.1. The van der Waals surface area contributed by atoms with Gasteiger partial charge < -0.3 is 15.2 Å². The normalized spacial score (nSPS) is 21.8. The molecule has 4 nitrogen and oxygen atoms in total. The molecule has 1 heterocycles. The monoisotopic (exact) mass is 279 g/mol. The van der Waals surface area contributed by atoms with E-state index in [2.05, 4.69) is 17.2 Å². The van der Waals surface area contributed by atoms with Gasteiger partial charge in [-0.25, -0.2) is 0 Å². The van der Waals surface area contributed by atoms with Gasteiger partial charge in [-0.05, 0) is 30.7 Å². The van der Waals surface area contributed by atoms with Crippen molar-refractivity contribution in [2.75, 3.05) is 13.7 Å². The summed E-state index contributed by atoms with van der Waals surface area (Å²) in [6.45, 7) is -0.203. The molecule has 1 aromatic heterocycles. The average Bonchev–Trinajstić information content (AvgIpc) is 3.04. The molecule has 1 saturated carbocycles. The van der Waals surface area contributed by atoms with Gasteiger partial charge in [0.2, 0.25) is 0 Å². The van der Waals surface area contributed by atoms with Gasteiger partial charge in [-0.3, -0.25) is 4.79 Å². The fraction of sp³-hybridized carbons (Fsp3) is 0.500. The summed E-state index contributed by atoms with van der Waals surface area (Å²) in [4.78, 5) is 12.8. The number of nitrogens with one attached hydrogen (secondary N) is 1. The molecule has 0 aromatic carbocycles. The Morgan fingerprint density at radius 2 is 2.47 bits per heavy atom. The van der Waals surface area contributed by atoms with E-state index in [1.54, 1.807) is 13.2 Å². The third kappa shape index (κ3) is 3.35. The van der Waals surface area contributed by atoms with Gasteiger partial charge in [-0.1, -0.05) is 11.8 Å². The van der Waals surface area contributed by atoms with Gasteiger partial charge in [-0.15, -0.1) is 11.3 Å². The zero-order valence-corrected chi connectivity index (χ0v) is 11.6. The molecule has 1 aromatic rings. The topological polar surface area (TPSA) is 58.6 Å². The molecule has 0 saturated heterocycles. The summed E-state index contributed by atoms with van der Waals surface area (Å²) in [5.74, 6) is 5.25. The summed E-state index contributed by atoms with van der Waals surface area (Å²) in [5, 5.41) is 13.6. The highest BCUT2D eigenvalue weighted by Gasteiger charge is 2.29. The predicted molar refractivity (Wildman–Crippen MR) is 74.2 cm³/mol. The van der Waals surface area contributed by atoms with Crippen molar-refractivity contribution < 1.29 is 14.6 Å². The first-order valence-corrected chi connectivity index (χ1v) is 7.15. The molecule has 1 aliphatic rings. The number of rotatable bonds is 3. The van der Waals surface area contributed by atoms with Crippen LogP contribution in [0.2, 0.25) is 0 Å². The van der Waals surface area contributed by atoms with Crippen LogP contribution in [0.5, 0.6) is 0 Å². The second kappa shape index (κ2) is 6.71. The van der Waals surface area contributed by atoms with Crippen LogP contribution in [0, 0.1) is 11.8 Å². The minimum absolute atomic E-state index is 0.0817. The van der Waals surface area contributed by atoms with Gasteiger partial charge in [0.25, 0.3) is 5.91 Å². The molecular weight excluding hydrogens is 262 g/mol. The molecule has 0 radical (unpaired) electrons. The number of amides is 1. The summed E-state index contributed by atoms with van der Waals surface area (Å²) >= 11 is 1.36. The van der Waals surface area contributed by atoms with E-state index in [1.807, 2.05) is 5.38 Å². The van der Waals surface area contributed by atoms with Gasteiger partial charge >= 0.3 is 0 Å². The first-order valence-electron chi connectivity index (χ1n) is 6.27. The Morgan fingerprint density at radius 3 is 3.21 bits per heavy atom. The maximum Gasteiger partial charge on any atom is 0.262 e. The second-order valence-electron chi connectivity index (χ2n) is 4.41. The molecule has 2 atom stereocenters. The summed E-state index contributed by atoms with van der Waals surface area (Å²) in [6.07, 6.45) is 3.12. The third-order valence-corrected chi connectivity index (χ3v) is 4.16. The molecule has 0 aliphatic heterocycles. The average molecular weight is 279 g/mol. The molecule has 2 rings (SSSR count). The Balaban J connectivity index is 2.06. The number of carbonyl (C=O) groups excluding carboxylic acids is 1. The molecule has 1 amide bonds. The maximum absolute atomic E-state index is 12.2. The van der Waals surface area contributed by atoms with Crippen LogP contribution >= 0.6 is 11.3 Å². The van der Waals surface area contributed by atoms with E-state index in [0.29, 0.717) is 10.4 Å². The lowest BCUT2D eigenvalue weighted by Gasteiger charge is -2.19. The van der Waals surface area contributed by atoms with Crippen molar-refractivity contribution in [2.45, 2.75) is 31.4 Å². The van der Waals surface area contributed by atoms with Gasteiger partial charge in [-0.2, -0.15) is 0 Å². The van der Waals surface area contributed by atoms with Crippen LogP contribution in [0.1, 0.15) is 34.5 Å². The smallest absolute Gasteiger partial charge is 0.262 e. The van der Waals surface area contributed by atoms with Crippen molar-refractivity contribution in [1.82, 2.24) is 5.32 Å². The largest absolute Gasteiger partial charge is 0.384 e. The Morgan fingerprint density at radius 1 is 1.63 bits per heavy atom. The van der Waals surface area contributed by atoms with E-state index in [-0.39, 0.29) is 24.7 Å². The van der Waals surface area contributed by atoms with Crippen molar-refractivity contribution in [2.24, 2.45) is 0 Å². The lowest BCUT2D eigenvalue weighted by molar-refractivity contribution is 0.0724. The molecule has 0 bridgehead atoms. The minimum atomic E-state index is -0.203. The van der Waals surface area contributed by atoms with Crippen molar-refractivity contribution >= 4 is 17.2 Å². The van der Waals surface area contributed by atoms with E-state index in [9.17, 15) is 4.79 Å². The SMILES string of the molecule is COC1CCCC1NC(=O)c1sccc1C#CCO. The van der Waals surface area contributed by atoms with Crippen LogP contribution in [0.4, 0.5) is 0 Å². The highest BCUT2D eigenvalue weighted by molar-refractivity contribution is 7.12. The molecule has 1 fully saturated rings. The second-order valence-corrected chi connectivity index (χ2v) is 5.32. The third-order valence-electron chi connectivity index (χ3n) is 3.25. The lowest BCUT2D eigenvalue weighted by Crippen LogP contribution is -2.40. The van der Waals surface area contributed by atoms with Crippen LogP contribution < -0.4 is 5.32 Å². The Hall–Kier alpha value is -1.35. The van der Waals surface area contributed by atoms with Crippen LogP contribution in [-0.2, 0) is 4.74 Å². The van der Waals surface area contributed by atoms with E-state index >= 15 is 0 Å². The Kier molecular flexibility index (Phi) is 4.97. The summed E-state index contributed by atoms with van der Waals surface area (Å²) in [5.41, 5.74) is 0.670. The minimum Gasteiger partial charge on any atom is -0.384 e. The number of methoxy groups -OCH3 is 1. The van der Waals surface area contributed by atoms with Crippen molar-refractivity contribution in [1.29, 1.82) is 0 Å². The van der Waals surface area contributed by atoms with Crippen molar-refractivity contribution in [3.8, 4) is 11.8 Å². The zero-order valence-electron chi connectivity index (χ0n) is 10.8. The number of hydrogen-bond donors (Lipinski definition) is 2. The predicted octanol–water partition coefficient (Wildman–Crippen LogP) is 1.39. The molecule has 1 aliphatic carbocycles. The number of aliphatic hydroxyl groups excluding tert-OH is 1. The standard InChI is InChI=1S/C14H17NO3S/c1-18-12-6-2-5-11(12)15-14(17)13-10(4-3-8-16)7-9-19-13/h7,9,11-12,16H,2,5-6,8H2,1H3,(H,15,17). The van der Waals surface area contributed by atoms with Gasteiger partial charge in [0.15, 0.2) is 0 Å². The fourth-order valence-electron chi connectivity index (χ4n) is 2.33. The van der Waals surface area contributed by atoms with Crippen molar-refractivity contribution in [3.05, 3.63) is 21.9 Å². The van der Waals surface area contributed by atoms with Crippen LogP contribution in [0.25, 0.3) is 0 Å². The highest BCUT2D eigenvalue weighted by atomic mass is 32.1. The number of aliphatic hydroxyl groups is 1. The molecule has 2 N–H and O–H groups in total. The molecular formula is C14H17NO3S. The number of carbonyl (C=O) groups is 1. The molecule has 2 unspecified atom stereocenters.